The molecule has 0 unspecified atom stereocenters. The zero-order chi connectivity index (χ0) is 11.4. The lowest BCUT2D eigenvalue weighted by molar-refractivity contribution is 0.0600. The van der Waals surface area contributed by atoms with E-state index in [1.165, 1.54) is 7.11 Å². The van der Waals surface area contributed by atoms with Gasteiger partial charge in [-0.15, -0.1) is 0 Å². The number of carbonyl (C=O) groups excluding carboxylic acids is 1. The first kappa shape index (κ1) is 11.7. The SMILES string of the molecule is COC(=O)c1ccc(C[C@H](C)N)cc1C. The van der Waals surface area contributed by atoms with Gasteiger partial charge in [0, 0.05) is 6.04 Å². The summed E-state index contributed by atoms with van der Waals surface area (Å²) in [4.78, 5) is 11.3. The van der Waals surface area contributed by atoms with Crippen molar-refractivity contribution in [1.29, 1.82) is 0 Å². The van der Waals surface area contributed by atoms with Crippen LogP contribution < -0.4 is 5.73 Å². The first-order valence-corrected chi connectivity index (χ1v) is 4.98. The summed E-state index contributed by atoms with van der Waals surface area (Å²) in [6.45, 7) is 3.86. The van der Waals surface area contributed by atoms with Crippen molar-refractivity contribution in [2.45, 2.75) is 26.3 Å². The Bertz CT molecular complexity index is 359. The number of hydrogen-bond donors (Lipinski definition) is 1. The molecule has 0 aliphatic rings. The molecule has 2 N–H and O–H groups in total. The molecule has 0 radical (unpaired) electrons. The van der Waals surface area contributed by atoms with Crippen molar-refractivity contribution in [3.05, 3.63) is 34.9 Å². The second-order valence-corrected chi connectivity index (χ2v) is 3.82. The summed E-state index contributed by atoms with van der Waals surface area (Å²) in [5.74, 6) is -0.292. The molecule has 0 heterocycles. The molecule has 0 fully saturated rings. The Morgan fingerprint density at radius 3 is 2.67 bits per heavy atom. The van der Waals surface area contributed by atoms with Crippen molar-refractivity contribution in [3.63, 3.8) is 0 Å². The number of ether oxygens (including phenoxy) is 1. The van der Waals surface area contributed by atoms with Crippen LogP contribution in [-0.2, 0) is 11.2 Å². The van der Waals surface area contributed by atoms with Gasteiger partial charge in [0.05, 0.1) is 12.7 Å². The molecule has 1 aromatic rings. The van der Waals surface area contributed by atoms with E-state index in [4.69, 9.17) is 5.73 Å². The van der Waals surface area contributed by atoms with Crippen molar-refractivity contribution in [1.82, 2.24) is 0 Å². The fourth-order valence-corrected chi connectivity index (χ4v) is 1.56. The van der Waals surface area contributed by atoms with Gasteiger partial charge in [0.25, 0.3) is 0 Å². The molecule has 1 aromatic carbocycles. The van der Waals surface area contributed by atoms with E-state index in [2.05, 4.69) is 4.74 Å². The molecule has 0 amide bonds. The van der Waals surface area contributed by atoms with Crippen LogP contribution in [-0.4, -0.2) is 19.1 Å². The van der Waals surface area contributed by atoms with E-state index in [9.17, 15) is 4.79 Å². The monoisotopic (exact) mass is 207 g/mol. The van der Waals surface area contributed by atoms with E-state index < -0.39 is 0 Å². The van der Waals surface area contributed by atoms with Gasteiger partial charge in [-0.2, -0.15) is 0 Å². The van der Waals surface area contributed by atoms with Crippen LogP contribution in [0, 0.1) is 6.92 Å². The second kappa shape index (κ2) is 4.94. The van der Waals surface area contributed by atoms with Gasteiger partial charge >= 0.3 is 5.97 Å². The number of rotatable bonds is 3. The molecule has 0 spiro atoms. The predicted molar refractivity (Wildman–Crippen MR) is 59.9 cm³/mol. The molecule has 3 nitrogen and oxygen atoms in total. The lowest BCUT2D eigenvalue weighted by Gasteiger charge is -2.08. The Hall–Kier alpha value is -1.35. The van der Waals surface area contributed by atoms with E-state index in [1.54, 1.807) is 6.07 Å². The molecule has 0 aliphatic heterocycles. The number of nitrogens with two attached hydrogens (primary N) is 1. The molecule has 0 saturated carbocycles. The number of carbonyl (C=O) groups is 1. The molecule has 0 aromatic heterocycles. The highest BCUT2D eigenvalue weighted by Crippen LogP contribution is 2.13. The first-order valence-electron chi connectivity index (χ1n) is 4.98. The summed E-state index contributed by atoms with van der Waals surface area (Å²) >= 11 is 0. The minimum atomic E-state index is -0.292. The zero-order valence-electron chi connectivity index (χ0n) is 9.41. The molecule has 0 aliphatic carbocycles. The third kappa shape index (κ3) is 3.06. The third-order valence-corrected chi connectivity index (χ3v) is 2.25. The maximum absolute atomic E-state index is 11.3. The average Bonchev–Trinajstić information content (AvgIpc) is 2.16. The summed E-state index contributed by atoms with van der Waals surface area (Å²) < 4.78 is 4.67. The standard InChI is InChI=1S/C12H17NO2/c1-8-6-10(7-9(2)13)4-5-11(8)12(14)15-3/h4-6,9H,7,13H2,1-3H3/t9-/m0/s1. The van der Waals surface area contributed by atoms with Crippen LogP contribution in [0.2, 0.25) is 0 Å². The number of esters is 1. The maximum atomic E-state index is 11.3. The van der Waals surface area contributed by atoms with Gasteiger partial charge in [0.2, 0.25) is 0 Å². The van der Waals surface area contributed by atoms with Crippen molar-refractivity contribution < 1.29 is 9.53 Å². The van der Waals surface area contributed by atoms with Gasteiger partial charge in [0.15, 0.2) is 0 Å². The van der Waals surface area contributed by atoms with Crippen LogP contribution in [0.1, 0.15) is 28.4 Å². The quantitative estimate of drug-likeness (QED) is 0.767. The lowest BCUT2D eigenvalue weighted by atomic mass is 10.0. The molecule has 0 saturated heterocycles. The van der Waals surface area contributed by atoms with Gasteiger partial charge in [-0.25, -0.2) is 4.79 Å². The van der Waals surface area contributed by atoms with Crippen molar-refractivity contribution >= 4 is 5.97 Å². The summed E-state index contributed by atoms with van der Waals surface area (Å²) in [6, 6.07) is 5.82. The third-order valence-electron chi connectivity index (χ3n) is 2.25. The van der Waals surface area contributed by atoms with Crippen molar-refractivity contribution in [3.8, 4) is 0 Å². The van der Waals surface area contributed by atoms with Gasteiger partial charge in [0.1, 0.15) is 0 Å². The lowest BCUT2D eigenvalue weighted by Crippen LogP contribution is -2.18. The van der Waals surface area contributed by atoms with Crippen LogP contribution in [0.5, 0.6) is 0 Å². The average molecular weight is 207 g/mol. The zero-order valence-corrected chi connectivity index (χ0v) is 9.41. The van der Waals surface area contributed by atoms with Crippen LogP contribution in [0.4, 0.5) is 0 Å². The van der Waals surface area contributed by atoms with Crippen LogP contribution in [0.15, 0.2) is 18.2 Å². The minimum Gasteiger partial charge on any atom is -0.465 e. The Labute approximate surface area is 90.2 Å². The van der Waals surface area contributed by atoms with Crippen LogP contribution in [0.3, 0.4) is 0 Å². The largest absolute Gasteiger partial charge is 0.465 e. The van der Waals surface area contributed by atoms with Crippen LogP contribution in [0.25, 0.3) is 0 Å². The molecule has 1 rings (SSSR count). The molecule has 0 bridgehead atoms. The topological polar surface area (TPSA) is 52.3 Å². The summed E-state index contributed by atoms with van der Waals surface area (Å²) in [5.41, 5.74) is 8.40. The van der Waals surface area contributed by atoms with E-state index in [1.807, 2.05) is 26.0 Å². The van der Waals surface area contributed by atoms with E-state index >= 15 is 0 Å². The van der Waals surface area contributed by atoms with E-state index in [0.29, 0.717) is 5.56 Å². The van der Waals surface area contributed by atoms with E-state index in [0.717, 1.165) is 17.5 Å². The molecular weight excluding hydrogens is 190 g/mol. The fourth-order valence-electron chi connectivity index (χ4n) is 1.56. The molecule has 82 valence electrons. The summed E-state index contributed by atoms with van der Waals surface area (Å²) in [5, 5.41) is 0. The van der Waals surface area contributed by atoms with Gasteiger partial charge in [-0.3, -0.25) is 0 Å². The number of hydrogen-bond acceptors (Lipinski definition) is 3. The number of methoxy groups -OCH3 is 1. The Balaban J connectivity index is 2.93. The second-order valence-electron chi connectivity index (χ2n) is 3.82. The fraction of sp³-hybridized carbons (Fsp3) is 0.417. The number of benzene rings is 1. The molecule has 1 atom stereocenters. The highest BCUT2D eigenvalue weighted by molar-refractivity contribution is 5.90. The van der Waals surface area contributed by atoms with E-state index in [-0.39, 0.29) is 12.0 Å². The maximum Gasteiger partial charge on any atom is 0.338 e. The van der Waals surface area contributed by atoms with Crippen LogP contribution >= 0.6 is 0 Å². The van der Waals surface area contributed by atoms with Gasteiger partial charge in [-0.1, -0.05) is 12.1 Å². The summed E-state index contributed by atoms with van der Waals surface area (Å²) in [6.07, 6.45) is 0.822. The Morgan fingerprint density at radius 2 is 2.20 bits per heavy atom. The first-order chi connectivity index (χ1) is 7.04. The highest BCUT2D eigenvalue weighted by Gasteiger charge is 2.09. The summed E-state index contributed by atoms with van der Waals surface area (Å²) in [7, 11) is 1.39. The molecule has 15 heavy (non-hydrogen) atoms. The highest BCUT2D eigenvalue weighted by atomic mass is 16.5. The van der Waals surface area contributed by atoms with Gasteiger partial charge in [-0.05, 0) is 37.5 Å². The van der Waals surface area contributed by atoms with Crippen molar-refractivity contribution in [2.75, 3.05) is 7.11 Å². The predicted octanol–water partition coefficient (Wildman–Crippen LogP) is 1.67. The minimum absolute atomic E-state index is 0.133. The molecular formula is C12H17NO2. The number of aryl methyl sites for hydroxylation is 1. The smallest absolute Gasteiger partial charge is 0.338 e. The Morgan fingerprint density at radius 1 is 1.53 bits per heavy atom. The van der Waals surface area contributed by atoms with Crippen molar-refractivity contribution in [2.24, 2.45) is 5.73 Å². The Kier molecular flexibility index (Phi) is 3.86. The molecule has 3 heteroatoms. The van der Waals surface area contributed by atoms with Gasteiger partial charge < -0.3 is 10.5 Å². The normalized spacial score (nSPS) is 12.3.